The number of alkyl halides is 2. The minimum Gasteiger partial charge on any atom is -0.0966 e. The average Bonchev–Trinajstić information content (AvgIpc) is 2.15. The molecule has 1 aliphatic carbocycles. The van der Waals surface area contributed by atoms with Crippen LogP contribution < -0.4 is 0 Å². The lowest BCUT2D eigenvalue weighted by molar-refractivity contribution is 0.974. The predicted octanol–water partition coefficient (Wildman–Crippen LogP) is 5.42. The Morgan fingerprint density at radius 1 is 1.00 bits per heavy atom. The van der Waals surface area contributed by atoms with Crippen molar-refractivity contribution in [2.75, 3.05) is 0 Å². The Bertz CT molecular complexity index is 454. The second-order valence-corrected chi connectivity index (χ2v) is 6.06. The van der Waals surface area contributed by atoms with E-state index in [0.717, 1.165) is 11.1 Å². The van der Waals surface area contributed by atoms with Crippen LogP contribution >= 0.6 is 46.4 Å². The molecule has 0 fully saturated rings. The van der Waals surface area contributed by atoms with Gasteiger partial charge in [0, 0.05) is 16.5 Å². The summed E-state index contributed by atoms with van der Waals surface area (Å²) in [5, 5.41) is 1.26. The summed E-state index contributed by atoms with van der Waals surface area (Å²) in [6.45, 7) is 0. The molecule has 0 radical (unpaired) electrons. The maximum Gasteiger partial charge on any atom is 0.142 e. The van der Waals surface area contributed by atoms with Gasteiger partial charge in [-0.1, -0.05) is 58.5 Å². The van der Waals surface area contributed by atoms with Crippen LogP contribution in [0.1, 0.15) is 12.0 Å². The number of halogens is 4. The summed E-state index contributed by atoms with van der Waals surface area (Å²) in [7, 11) is 0. The van der Waals surface area contributed by atoms with Gasteiger partial charge in [0.05, 0.1) is 0 Å². The zero-order chi connectivity index (χ0) is 11.8. The molecule has 0 saturated carbocycles. The van der Waals surface area contributed by atoms with Crippen molar-refractivity contribution >= 4 is 52.0 Å². The fourth-order valence-corrected chi connectivity index (χ4v) is 2.69. The van der Waals surface area contributed by atoms with E-state index in [1.54, 1.807) is 6.08 Å². The van der Waals surface area contributed by atoms with Crippen molar-refractivity contribution in [3.8, 4) is 0 Å². The van der Waals surface area contributed by atoms with Gasteiger partial charge in [0.1, 0.15) is 4.33 Å². The SMILES string of the molecule is ClC1=CC(Cl)(Cl)CC(c2ccc(Cl)cc2)=C1. The molecule has 0 atom stereocenters. The molecule has 0 spiro atoms. The second kappa shape index (κ2) is 4.62. The number of hydrogen-bond donors (Lipinski definition) is 0. The lowest BCUT2D eigenvalue weighted by Gasteiger charge is -2.22. The van der Waals surface area contributed by atoms with Gasteiger partial charge >= 0.3 is 0 Å². The van der Waals surface area contributed by atoms with Crippen molar-refractivity contribution in [1.29, 1.82) is 0 Å². The molecule has 0 bridgehead atoms. The van der Waals surface area contributed by atoms with Crippen LogP contribution in [0.2, 0.25) is 5.02 Å². The standard InChI is InChI=1S/C12H8Cl4/c13-10-3-1-8(2-4-10)9-5-11(14)7-12(15,16)6-9/h1-5,7H,6H2. The first-order chi connectivity index (χ1) is 7.46. The van der Waals surface area contributed by atoms with E-state index in [9.17, 15) is 0 Å². The molecule has 0 aromatic heterocycles. The highest BCUT2D eigenvalue weighted by atomic mass is 35.5. The Morgan fingerprint density at radius 3 is 2.19 bits per heavy atom. The van der Waals surface area contributed by atoms with E-state index in [-0.39, 0.29) is 0 Å². The summed E-state index contributed by atoms with van der Waals surface area (Å²) in [6.07, 6.45) is 4.04. The summed E-state index contributed by atoms with van der Waals surface area (Å²) in [5.41, 5.74) is 2.04. The van der Waals surface area contributed by atoms with Crippen molar-refractivity contribution in [3.63, 3.8) is 0 Å². The zero-order valence-electron chi connectivity index (χ0n) is 8.18. The van der Waals surface area contributed by atoms with Crippen LogP contribution in [0.25, 0.3) is 5.57 Å². The van der Waals surface area contributed by atoms with Gasteiger partial charge in [-0.25, -0.2) is 0 Å². The largest absolute Gasteiger partial charge is 0.142 e. The van der Waals surface area contributed by atoms with E-state index >= 15 is 0 Å². The van der Waals surface area contributed by atoms with Crippen LogP contribution in [0.3, 0.4) is 0 Å². The van der Waals surface area contributed by atoms with Crippen molar-refractivity contribution in [1.82, 2.24) is 0 Å². The molecular formula is C12H8Cl4. The smallest absolute Gasteiger partial charge is 0.0966 e. The maximum atomic E-state index is 6.08. The Balaban J connectivity index is 2.36. The third-order valence-electron chi connectivity index (χ3n) is 2.30. The lowest BCUT2D eigenvalue weighted by Crippen LogP contribution is -2.13. The molecule has 0 amide bonds. The number of allylic oxidation sites excluding steroid dienone is 4. The summed E-state index contributed by atoms with van der Waals surface area (Å²) in [5.74, 6) is 0. The highest BCUT2D eigenvalue weighted by molar-refractivity contribution is 6.51. The molecule has 0 heterocycles. The lowest BCUT2D eigenvalue weighted by atomic mass is 9.97. The minimum absolute atomic E-state index is 0.536. The molecule has 1 aromatic carbocycles. The van der Waals surface area contributed by atoms with E-state index in [2.05, 4.69) is 0 Å². The first-order valence-corrected chi connectivity index (χ1v) is 6.20. The maximum absolute atomic E-state index is 6.08. The normalized spacial score (nSPS) is 19.0. The molecule has 0 unspecified atom stereocenters. The quantitative estimate of drug-likeness (QED) is 0.606. The van der Waals surface area contributed by atoms with Crippen molar-refractivity contribution in [2.45, 2.75) is 10.8 Å². The van der Waals surface area contributed by atoms with Crippen LogP contribution in [-0.2, 0) is 0 Å². The molecule has 16 heavy (non-hydrogen) atoms. The Kier molecular flexibility index (Phi) is 3.56. The first-order valence-electron chi connectivity index (χ1n) is 4.69. The van der Waals surface area contributed by atoms with Crippen LogP contribution in [0.4, 0.5) is 0 Å². The van der Waals surface area contributed by atoms with Crippen LogP contribution in [0, 0.1) is 0 Å². The fraction of sp³-hybridized carbons (Fsp3) is 0.167. The summed E-state index contributed by atoms with van der Waals surface area (Å²) >= 11 is 24.0. The summed E-state index contributed by atoms with van der Waals surface area (Å²) < 4.78 is -0.930. The van der Waals surface area contributed by atoms with Gasteiger partial charge in [-0.15, -0.1) is 0 Å². The predicted molar refractivity (Wildman–Crippen MR) is 72.4 cm³/mol. The molecule has 0 nitrogen and oxygen atoms in total. The Morgan fingerprint density at radius 2 is 1.62 bits per heavy atom. The third-order valence-corrected chi connectivity index (χ3v) is 3.26. The number of hydrogen-bond acceptors (Lipinski definition) is 0. The number of benzene rings is 1. The average molecular weight is 294 g/mol. The van der Waals surface area contributed by atoms with E-state index in [1.807, 2.05) is 30.3 Å². The molecule has 0 aliphatic heterocycles. The van der Waals surface area contributed by atoms with Gasteiger partial charge in [-0.05, 0) is 35.4 Å². The molecular weight excluding hydrogens is 286 g/mol. The molecule has 0 saturated heterocycles. The molecule has 1 aliphatic rings. The van der Waals surface area contributed by atoms with E-state index in [0.29, 0.717) is 16.5 Å². The van der Waals surface area contributed by atoms with Crippen molar-refractivity contribution in [2.24, 2.45) is 0 Å². The summed E-state index contributed by atoms with van der Waals surface area (Å²) in [6, 6.07) is 7.50. The second-order valence-electron chi connectivity index (χ2n) is 3.64. The van der Waals surface area contributed by atoms with Crippen LogP contribution in [0.15, 0.2) is 41.4 Å². The van der Waals surface area contributed by atoms with Crippen LogP contribution in [-0.4, -0.2) is 4.33 Å². The molecule has 2 rings (SSSR count). The van der Waals surface area contributed by atoms with E-state index in [4.69, 9.17) is 46.4 Å². The van der Waals surface area contributed by atoms with Gasteiger partial charge in [-0.3, -0.25) is 0 Å². The first kappa shape index (κ1) is 12.3. The zero-order valence-corrected chi connectivity index (χ0v) is 11.2. The van der Waals surface area contributed by atoms with Crippen molar-refractivity contribution < 1.29 is 0 Å². The third kappa shape index (κ3) is 2.95. The summed E-state index contributed by atoms with van der Waals surface area (Å²) in [4.78, 5) is 0. The Hall–Kier alpha value is -0.140. The molecule has 0 N–H and O–H groups in total. The van der Waals surface area contributed by atoms with E-state index < -0.39 is 4.33 Å². The molecule has 84 valence electrons. The van der Waals surface area contributed by atoms with Gasteiger partial charge in [-0.2, -0.15) is 0 Å². The highest BCUT2D eigenvalue weighted by Crippen LogP contribution is 2.40. The molecule has 1 aromatic rings. The van der Waals surface area contributed by atoms with Crippen molar-refractivity contribution in [3.05, 3.63) is 52.0 Å². The van der Waals surface area contributed by atoms with Gasteiger partial charge in [0.15, 0.2) is 0 Å². The minimum atomic E-state index is -0.930. The van der Waals surface area contributed by atoms with Gasteiger partial charge < -0.3 is 0 Å². The van der Waals surface area contributed by atoms with Gasteiger partial charge in [0.25, 0.3) is 0 Å². The monoisotopic (exact) mass is 292 g/mol. The molecule has 4 heteroatoms. The van der Waals surface area contributed by atoms with Gasteiger partial charge in [0.2, 0.25) is 0 Å². The highest BCUT2D eigenvalue weighted by Gasteiger charge is 2.27. The Labute approximate surface area is 114 Å². The van der Waals surface area contributed by atoms with E-state index in [1.165, 1.54) is 0 Å². The topological polar surface area (TPSA) is 0 Å². The number of rotatable bonds is 1. The fourth-order valence-electron chi connectivity index (χ4n) is 1.62. The van der Waals surface area contributed by atoms with Crippen LogP contribution in [0.5, 0.6) is 0 Å².